The molecule has 1 fully saturated rings. The molecule has 0 unspecified atom stereocenters. The Balaban J connectivity index is 2.19. The van der Waals surface area contributed by atoms with Crippen LogP contribution in [0.2, 0.25) is 0 Å². The van der Waals surface area contributed by atoms with Gasteiger partial charge in [0.05, 0.1) is 8.49 Å². The molecule has 0 radical (unpaired) electrons. The number of hydrogen-bond acceptors (Lipinski definition) is 3. The number of nitrogens with one attached hydrogen (secondary N) is 1. The van der Waals surface area contributed by atoms with Gasteiger partial charge in [-0.25, -0.2) is 4.39 Å². The second-order valence-electron chi connectivity index (χ2n) is 5.10. The van der Waals surface area contributed by atoms with Crippen molar-refractivity contribution in [3.63, 3.8) is 0 Å². The van der Waals surface area contributed by atoms with Gasteiger partial charge in [-0.2, -0.15) is 0 Å². The molecule has 0 spiro atoms. The molecule has 0 heterocycles. The number of nitro benzene ring substituents is 1. The average Bonchev–Trinajstić information content (AvgIpc) is 2.32. The Kier molecular flexibility index (Phi) is 4.27. The summed E-state index contributed by atoms with van der Waals surface area (Å²) < 4.78 is 13.8. The highest BCUT2D eigenvalue weighted by Gasteiger charge is 2.35. The Bertz CT molecular complexity index is 498. The Morgan fingerprint density at radius 1 is 1.53 bits per heavy atom. The monoisotopic (exact) mass is 378 g/mol. The van der Waals surface area contributed by atoms with Crippen molar-refractivity contribution < 1.29 is 9.31 Å². The van der Waals surface area contributed by atoms with Crippen molar-refractivity contribution in [3.8, 4) is 0 Å². The molecule has 0 aliphatic heterocycles. The summed E-state index contributed by atoms with van der Waals surface area (Å²) in [5.41, 5.74) is 0.451. The first kappa shape index (κ1) is 14.5. The topological polar surface area (TPSA) is 55.2 Å². The molecule has 0 amide bonds. The molecule has 19 heavy (non-hydrogen) atoms. The number of halogens is 2. The molecule has 1 aliphatic carbocycles. The van der Waals surface area contributed by atoms with E-state index in [9.17, 15) is 14.5 Å². The van der Waals surface area contributed by atoms with Crippen molar-refractivity contribution >= 4 is 34.0 Å². The molecule has 104 valence electrons. The lowest BCUT2D eigenvalue weighted by atomic mass is 9.67. The molecule has 1 aromatic rings. The molecule has 1 aromatic carbocycles. The standard InChI is InChI=1S/C13H16FIN2O2/c1-2-13(4-3-5-13)8-16-11-6-9(14)10(15)7-12(11)17(18)19/h6-7,16H,2-5,8H2,1H3. The zero-order valence-corrected chi connectivity index (χ0v) is 12.9. The van der Waals surface area contributed by atoms with E-state index < -0.39 is 10.7 Å². The van der Waals surface area contributed by atoms with E-state index in [-0.39, 0.29) is 20.4 Å². The lowest BCUT2D eigenvalue weighted by molar-refractivity contribution is -0.384. The number of benzene rings is 1. The van der Waals surface area contributed by atoms with E-state index in [1.807, 2.05) is 0 Å². The first-order chi connectivity index (χ1) is 8.97. The van der Waals surface area contributed by atoms with E-state index >= 15 is 0 Å². The molecule has 2 rings (SSSR count). The Morgan fingerprint density at radius 2 is 2.21 bits per heavy atom. The second-order valence-corrected chi connectivity index (χ2v) is 6.26. The lowest BCUT2D eigenvalue weighted by Gasteiger charge is -2.41. The van der Waals surface area contributed by atoms with Gasteiger partial charge in [0.2, 0.25) is 0 Å². The number of anilines is 1. The smallest absolute Gasteiger partial charge is 0.293 e. The molecule has 1 N–H and O–H groups in total. The molecular formula is C13H16FIN2O2. The predicted molar refractivity (Wildman–Crippen MR) is 80.8 cm³/mol. The molecule has 1 saturated carbocycles. The molecule has 4 nitrogen and oxygen atoms in total. The summed E-state index contributed by atoms with van der Waals surface area (Å²) in [5, 5.41) is 14.1. The molecule has 0 aromatic heterocycles. The molecule has 0 saturated heterocycles. The number of rotatable bonds is 5. The average molecular weight is 378 g/mol. The fraction of sp³-hybridized carbons (Fsp3) is 0.538. The van der Waals surface area contributed by atoms with Gasteiger partial charge in [-0.1, -0.05) is 13.3 Å². The molecule has 1 aliphatic rings. The Hall–Kier alpha value is -0.920. The van der Waals surface area contributed by atoms with E-state index in [0.29, 0.717) is 6.54 Å². The van der Waals surface area contributed by atoms with Crippen LogP contribution in [0.1, 0.15) is 32.6 Å². The van der Waals surface area contributed by atoms with Crippen LogP contribution in [0.3, 0.4) is 0 Å². The van der Waals surface area contributed by atoms with Crippen LogP contribution in [0.25, 0.3) is 0 Å². The van der Waals surface area contributed by atoms with E-state index in [4.69, 9.17) is 0 Å². The van der Waals surface area contributed by atoms with Crippen molar-refractivity contribution in [2.45, 2.75) is 32.6 Å². The zero-order chi connectivity index (χ0) is 14.0. The SMILES string of the molecule is CCC1(CNc2cc(F)c(I)cc2[N+](=O)[O-])CCC1. The fourth-order valence-corrected chi connectivity index (χ4v) is 2.89. The van der Waals surface area contributed by atoms with Crippen molar-refractivity contribution in [1.82, 2.24) is 0 Å². The quantitative estimate of drug-likeness (QED) is 0.472. The fourth-order valence-electron chi connectivity index (χ4n) is 2.44. The van der Waals surface area contributed by atoms with Crippen LogP contribution in [0.5, 0.6) is 0 Å². The van der Waals surface area contributed by atoms with Gasteiger partial charge >= 0.3 is 0 Å². The summed E-state index contributed by atoms with van der Waals surface area (Å²) in [4.78, 5) is 10.5. The molecular weight excluding hydrogens is 362 g/mol. The molecule has 0 atom stereocenters. The van der Waals surface area contributed by atoms with Crippen molar-refractivity contribution in [3.05, 3.63) is 31.6 Å². The lowest BCUT2D eigenvalue weighted by Crippen LogP contribution is -2.36. The minimum atomic E-state index is -0.469. The van der Waals surface area contributed by atoms with Gasteiger partial charge in [0.25, 0.3) is 5.69 Å². The minimum Gasteiger partial charge on any atom is -0.379 e. The molecule has 0 bridgehead atoms. The third kappa shape index (κ3) is 2.98. The van der Waals surface area contributed by atoms with Crippen molar-refractivity contribution in [1.29, 1.82) is 0 Å². The van der Waals surface area contributed by atoms with Gasteiger partial charge in [0, 0.05) is 18.7 Å². The Labute approximate surface area is 125 Å². The predicted octanol–water partition coefficient (Wildman–Crippen LogP) is 4.33. The highest BCUT2D eigenvalue weighted by atomic mass is 127. The third-order valence-corrected chi connectivity index (χ3v) is 4.88. The van der Waals surface area contributed by atoms with Crippen LogP contribution < -0.4 is 5.32 Å². The summed E-state index contributed by atoms with van der Waals surface area (Å²) in [5.74, 6) is -0.423. The van der Waals surface area contributed by atoms with Gasteiger partial charge in [-0.05, 0) is 47.3 Å². The highest BCUT2D eigenvalue weighted by Crippen LogP contribution is 2.44. The normalized spacial score (nSPS) is 16.8. The van der Waals surface area contributed by atoms with Gasteiger partial charge in [0.1, 0.15) is 11.5 Å². The maximum absolute atomic E-state index is 13.6. The number of hydrogen-bond donors (Lipinski definition) is 1. The van der Waals surface area contributed by atoms with E-state index in [2.05, 4.69) is 12.2 Å². The van der Waals surface area contributed by atoms with Crippen molar-refractivity contribution in [2.24, 2.45) is 5.41 Å². The van der Waals surface area contributed by atoms with Gasteiger partial charge in [-0.3, -0.25) is 10.1 Å². The van der Waals surface area contributed by atoms with E-state index in [1.165, 1.54) is 18.6 Å². The van der Waals surface area contributed by atoms with Gasteiger partial charge in [-0.15, -0.1) is 0 Å². The van der Waals surface area contributed by atoms with Crippen LogP contribution in [0, 0.1) is 24.9 Å². The first-order valence-electron chi connectivity index (χ1n) is 6.35. The Morgan fingerprint density at radius 3 is 2.68 bits per heavy atom. The maximum Gasteiger partial charge on any atom is 0.293 e. The summed E-state index contributed by atoms with van der Waals surface area (Å²) in [6.45, 7) is 2.80. The number of nitrogens with zero attached hydrogens (tertiary/aromatic N) is 1. The van der Waals surface area contributed by atoms with E-state index in [0.717, 1.165) is 19.3 Å². The largest absolute Gasteiger partial charge is 0.379 e. The van der Waals surface area contributed by atoms with E-state index in [1.54, 1.807) is 22.6 Å². The zero-order valence-electron chi connectivity index (χ0n) is 10.7. The first-order valence-corrected chi connectivity index (χ1v) is 7.43. The van der Waals surface area contributed by atoms with Crippen molar-refractivity contribution in [2.75, 3.05) is 11.9 Å². The highest BCUT2D eigenvalue weighted by molar-refractivity contribution is 14.1. The minimum absolute atomic E-state index is 0.0589. The van der Waals surface area contributed by atoms with Crippen LogP contribution in [-0.2, 0) is 0 Å². The third-order valence-electron chi connectivity index (χ3n) is 4.05. The van der Waals surface area contributed by atoms with Crippen LogP contribution in [0.4, 0.5) is 15.8 Å². The number of nitro groups is 1. The van der Waals surface area contributed by atoms with Gasteiger partial charge in [0.15, 0.2) is 0 Å². The summed E-state index contributed by atoms with van der Waals surface area (Å²) in [6.07, 6.45) is 4.52. The van der Waals surface area contributed by atoms with Crippen LogP contribution in [0.15, 0.2) is 12.1 Å². The second kappa shape index (κ2) is 5.60. The van der Waals surface area contributed by atoms with Crippen LogP contribution in [-0.4, -0.2) is 11.5 Å². The van der Waals surface area contributed by atoms with Crippen LogP contribution >= 0.6 is 22.6 Å². The summed E-state index contributed by atoms with van der Waals surface area (Å²) in [7, 11) is 0. The molecule has 6 heteroatoms. The summed E-state index contributed by atoms with van der Waals surface area (Å²) >= 11 is 1.76. The maximum atomic E-state index is 13.6. The summed E-state index contributed by atoms with van der Waals surface area (Å²) in [6, 6.07) is 2.50. The van der Waals surface area contributed by atoms with Gasteiger partial charge < -0.3 is 5.32 Å².